The third-order valence-corrected chi connectivity index (χ3v) is 6.70. The molecular formula is C18H18N4O4S2. The van der Waals surface area contributed by atoms with Gasteiger partial charge >= 0.3 is 0 Å². The van der Waals surface area contributed by atoms with Crippen molar-refractivity contribution in [2.75, 3.05) is 10.0 Å². The first-order chi connectivity index (χ1) is 13.3. The third kappa shape index (κ3) is 3.78. The van der Waals surface area contributed by atoms with Crippen LogP contribution < -0.4 is 10.0 Å². The number of carbonyl (C=O) groups excluding carboxylic acids is 1. The Morgan fingerprint density at radius 1 is 1.29 bits per heavy atom. The Bertz CT molecular complexity index is 1150. The summed E-state index contributed by atoms with van der Waals surface area (Å²) in [5.41, 5.74) is 1.45. The highest BCUT2D eigenvalue weighted by Gasteiger charge is 2.30. The van der Waals surface area contributed by atoms with Gasteiger partial charge in [0.05, 0.1) is 10.6 Å². The molecule has 0 aliphatic heterocycles. The maximum absolute atomic E-state index is 12.9. The molecule has 1 amide bonds. The van der Waals surface area contributed by atoms with Crippen LogP contribution in [0.1, 0.15) is 37.1 Å². The summed E-state index contributed by atoms with van der Waals surface area (Å²) < 4.78 is 33.7. The minimum Gasteiger partial charge on any atom is -0.333 e. The Morgan fingerprint density at radius 3 is 2.75 bits per heavy atom. The largest absolute Gasteiger partial charge is 0.333 e. The number of nitrogens with one attached hydrogen (secondary N) is 2. The van der Waals surface area contributed by atoms with Gasteiger partial charge in [0.15, 0.2) is 5.82 Å². The van der Waals surface area contributed by atoms with Crippen molar-refractivity contribution in [1.29, 1.82) is 0 Å². The number of benzene rings is 1. The van der Waals surface area contributed by atoms with Crippen LogP contribution in [0.2, 0.25) is 0 Å². The molecule has 0 spiro atoms. The van der Waals surface area contributed by atoms with Gasteiger partial charge in [-0.3, -0.25) is 9.52 Å². The Morgan fingerprint density at radius 2 is 2.07 bits per heavy atom. The fourth-order valence-electron chi connectivity index (χ4n) is 2.82. The van der Waals surface area contributed by atoms with Gasteiger partial charge in [-0.2, -0.15) is 4.98 Å². The number of carbonyl (C=O) groups is 1. The van der Waals surface area contributed by atoms with Gasteiger partial charge in [-0.05, 0) is 55.0 Å². The molecule has 1 aromatic carbocycles. The van der Waals surface area contributed by atoms with Crippen LogP contribution in [0.5, 0.6) is 0 Å². The van der Waals surface area contributed by atoms with Crippen LogP contribution in [0, 0.1) is 6.92 Å². The number of amides is 1. The van der Waals surface area contributed by atoms with Crippen LogP contribution in [-0.4, -0.2) is 24.5 Å². The number of nitrogens with zero attached hydrogens (tertiary/aromatic N) is 2. The van der Waals surface area contributed by atoms with Crippen LogP contribution in [0.4, 0.5) is 11.4 Å². The Balaban J connectivity index is 1.60. The SMILES string of the molecule is CC(=O)Nc1ccc(S(=O)(=O)Nc2ccsc2-c2nc(C3CC3)no2)c(C)c1. The molecule has 10 heteroatoms. The second-order valence-corrected chi connectivity index (χ2v) is 9.23. The van der Waals surface area contributed by atoms with Gasteiger partial charge in [0.1, 0.15) is 4.88 Å². The van der Waals surface area contributed by atoms with Gasteiger partial charge in [0.2, 0.25) is 5.91 Å². The van der Waals surface area contributed by atoms with Crippen molar-refractivity contribution in [1.82, 2.24) is 10.1 Å². The fourth-order valence-corrected chi connectivity index (χ4v) is 4.96. The highest BCUT2D eigenvalue weighted by atomic mass is 32.2. The molecule has 2 heterocycles. The van der Waals surface area contributed by atoms with Gasteiger partial charge in [0, 0.05) is 18.5 Å². The number of hydrogen-bond acceptors (Lipinski definition) is 7. The van der Waals surface area contributed by atoms with Crippen molar-refractivity contribution in [2.24, 2.45) is 0 Å². The molecule has 2 N–H and O–H groups in total. The normalized spacial score (nSPS) is 14.1. The molecule has 0 atom stereocenters. The zero-order valence-electron chi connectivity index (χ0n) is 15.2. The van der Waals surface area contributed by atoms with E-state index in [1.807, 2.05) is 0 Å². The Kier molecular flexibility index (Phi) is 4.68. The molecule has 1 fully saturated rings. The number of thiophene rings is 1. The molecular weight excluding hydrogens is 400 g/mol. The van der Waals surface area contributed by atoms with Gasteiger partial charge in [-0.25, -0.2) is 8.42 Å². The van der Waals surface area contributed by atoms with E-state index in [0.29, 0.717) is 39.4 Å². The van der Waals surface area contributed by atoms with Crippen molar-refractivity contribution >= 4 is 38.6 Å². The Labute approximate surface area is 166 Å². The van der Waals surface area contributed by atoms with Crippen LogP contribution in [-0.2, 0) is 14.8 Å². The topological polar surface area (TPSA) is 114 Å². The van der Waals surface area contributed by atoms with Crippen LogP contribution in [0.15, 0.2) is 39.1 Å². The molecule has 1 saturated carbocycles. The van der Waals surface area contributed by atoms with E-state index < -0.39 is 10.0 Å². The van der Waals surface area contributed by atoms with E-state index in [4.69, 9.17) is 4.52 Å². The first kappa shape index (κ1) is 18.6. The van der Waals surface area contributed by atoms with Crippen LogP contribution in [0.3, 0.4) is 0 Å². The quantitative estimate of drug-likeness (QED) is 0.630. The van der Waals surface area contributed by atoms with E-state index in [1.54, 1.807) is 30.5 Å². The number of anilines is 2. The molecule has 0 saturated heterocycles. The molecule has 1 aliphatic carbocycles. The molecule has 146 valence electrons. The number of hydrogen-bond donors (Lipinski definition) is 2. The predicted molar refractivity (Wildman–Crippen MR) is 106 cm³/mol. The van der Waals surface area contributed by atoms with Crippen molar-refractivity contribution in [3.05, 3.63) is 41.0 Å². The summed E-state index contributed by atoms with van der Waals surface area (Å²) >= 11 is 1.33. The van der Waals surface area contributed by atoms with E-state index in [1.165, 1.54) is 24.3 Å². The highest BCUT2D eigenvalue weighted by Crippen LogP contribution is 2.40. The lowest BCUT2D eigenvalue weighted by molar-refractivity contribution is -0.114. The Hall–Kier alpha value is -2.72. The summed E-state index contributed by atoms with van der Waals surface area (Å²) in [6.07, 6.45) is 2.10. The minimum atomic E-state index is -3.83. The van der Waals surface area contributed by atoms with Crippen molar-refractivity contribution in [3.63, 3.8) is 0 Å². The number of sulfonamides is 1. The molecule has 8 nitrogen and oxygen atoms in total. The average Bonchev–Trinajstić information content (AvgIpc) is 3.17. The van der Waals surface area contributed by atoms with E-state index in [0.717, 1.165) is 12.8 Å². The summed E-state index contributed by atoms with van der Waals surface area (Å²) in [5.74, 6) is 1.11. The lowest BCUT2D eigenvalue weighted by Gasteiger charge is -2.11. The molecule has 0 radical (unpaired) electrons. The summed E-state index contributed by atoms with van der Waals surface area (Å²) in [7, 11) is -3.83. The molecule has 2 aromatic heterocycles. The van der Waals surface area contributed by atoms with Crippen molar-refractivity contribution < 1.29 is 17.7 Å². The van der Waals surface area contributed by atoms with Crippen LogP contribution in [0.25, 0.3) is 10.8 Å². The molecule has 28 heavy (non-hydrogen) atoms. The second-order valence-electron chi connectivity index (χ2n) is 6.66. The van der Waals surface area contributed by atoms with E-state index >= 15 is 0 Å². The lowest BCUT2D eigenvalue weighted by atomic mass is 10.2. The van der Waals surface area contributed by atoms with E-state index in [9.17, 15) is 13.2 Å². The third-order valence-electron chi connectivity index (χ3n) is 4.27. The van der Waals surface area contributed by atoms with Gasteiger partial charge in [-0.1, -0.05) is 5.16 Å². The lowest BCUT2D eigenvalue weighted by Crippen LogP contribution is -2.15. The monoisotopic (exact) mass is 418 g/mol. The highest BCUT2D eigenvalue weighted by molar-refractivity contribution is 7.92. The van der Waals surface area contributed by atoms with Crippen LogP contribution >= 0.6 is 11.3 Å². The average molecular weight is 419 g/mol. The summed E-state index contributed by atoms with van der Waals surface area (Å²) in [4.78, 5) is 16.3. The number of rotatable bonds is 6. The smallest absolute Gasteiger partial charge is 0.270 e. The number of aromatic nitrogens is 2. The second kappa shape index (κ2) is 7.02. The van der Waals surface area contributed by atoms with E-state index in [2.05, 4.69) is 20.2 Å². The zero-order chi connectivity index (χ0) is 19.9. The summed E-state index contributed by atoms with van der Waals surface area (Å²) in [6.45, 7) is 3.07. The molecule has 3 aromatic rings. The zero-order valence-corrected chi connectivity index (χ0v) is 16.9. The summed E-state index contributed by atoms with van der Waals surface area (Å²) in [5, 5.41) is 8.39. The van der Waals surface area contributed by atoms with Crippen molar-refractivity contribution in [2.45, 2.75) is 37.5 Å². The standard InChI is InChI=1S/C18H18N4O4S2/c1-10-9-13(19-11(2)23)5-6-15(10)28(24,25)22-14-7-8-27-16(14)18-20-17(21-26-18)12-3-4-12/h5-9,12,22H,3-4H2,1-2H3,(H,19,23). The van der Waals surface area contributed by atoms with Gasteiger partial charge in [0.25, 0.3) is 15.9 Å². The maximum Gasteiger partial charge on any atom is 0.270 e. The summed E-state index contributed by atoms with van der Waals surface area (Å²) in [6, 6.07) is 6.30. The van der Waals surface area contributed by atoms with Gasteiger partial charge < -0.3 is 9.84 Å². The number of aryl methyl sites for hydroxylation is 1. The molecule has 1 aliphatic rings. The minimum absolute atomic E-state index is 0.128. The fraction of sp³-hybridized carbons (Fsp3) is 0.278. The maximum atomic E-state index is 12.9. The molecule has 0 bridgehead atoms. The van der Waals surface area contributed by atoms with Gasteiger partial charge in [-0.15, -0.1) is 11.3 Å². The molecule has 4 rings (SSSR count). The predicted octanol–water partition coefficient (Wildman–Crippen LogP) is 3.74. The van der Waals surface area contributed by atoms with Crippen molar-refractivity contribution in [3.8, 4) is 10.8 Å². The molecule has 0 unspecified atom stereocenters. The van der Waals surface area contributed by atoms with E-state index in [-0.39, 0.29) is 10.8 Å². The first-order valence-electron chi connectivity index (χ1n) is 8.66. The first-order valence-corrected chi connectivity index (χ1v) is 11.0.